The molecule has 0 saturated carbocycles. The number of anilines is 1. The van der Waals surface area contributed by atoms with Gasteiger partial charge in [0.1, 0.15) is 11.8 Å². The van der Waals surface area contributed by atoms with Crippen molar-refractivity contribution in [2.45, 2.75) is 25.9 Å². The summed E-state index contributed by atoms with van der Waals surface area (Å²) < 4.78 is 1.79. The fourth-order valence-corrected chi connectivity index (χ4v) is 2.66. The molecule has 3 N–H and O–H groups in total. The average molecular weight is 345 g/mol. The molecule has 0 aliphatic rings. The van der Waals surface area contributed by atoms with Gasteiger partial charge >= 0.3 is 0 Å². The van der Waals surface area contributed by atoms with Gasteiger partial charge in [0.15, 0.2) is 11.5 Å². The molecule has 0 saturated heterocycles. The molecule has 2 aromatic heterocycles. The van der Waals surface area contributed by atoms with E-state index < -0.39 is 0 Å². The largest absolute Gasteiger partial charge is 0.382 e. The Morgan fingerprint density at radius 1 is 1.38 bits per heavy atom. The molecule has 3 rings (SSSR count). The fourth-order valence-electron chi connectivity index (χ4n) is 2.46. The van der Waals surface area contributed by atoms with Crippen LogP contribution >= 0.6 is 11.6 Å². The van der Waals surface area contributed by atoms with Crippen molar-refractivity contribution in [1.29, 1.82) is 0 Å². The third-order valence-corrected chi connectivity index (χ3v) is 3.97. The quantitative estimate of drug-likeness (QED) is 0.740. The van der Waals surface area contributed by atoms with Crippen molar-refractivity contribution in [3.63, 3.8) is 0 Å². The second-order valence-corrected chi connectivity index (χ2v) is 5.90. The summed E-state index contributed by atoms with van der Waals surface area (Å²) in [6, 6.07) is 7.32. The topological polar surface area (TPSA) is 98.7 Å². The van der Waals surface area contributed by atoms with Gasteiger partial charge in [0.2, 0.25) is 5.91 Å². The number of benzene rings is 1. The molecule has 1 amide bonds. The highest BCUT2D eigenvalue weighted by Crippen LogP contribution is 2.18. The lowest BCUT2D eigenvalue weighted by Gasteiger charge is -2.14. The van der Waals surface area contributed by atoms with E-state index in [4.69, 9.17) is 17.3 Å². The van der Waals surface area contributed by atoms with Crippen LogP contribution in [0, 0.1) is 0 Å². The first-order valence-corrected chi connectivity index (χ1v) is 7.88. The Hall–Kier alpha value is -2.67. The molecule has 7 nitrogen and oxygen atoms in total. The van der Waals surface area contributed by atoms with Gasteiger partial charge in [-0.15, -0.1) is 0 Å². The first-order valence-electron chi connectivity index (χ1n) is 7.50. The molecule has 1 atom stereocenters. The van der Waals surface area contributed by atoms with Gasteiger partial charge in [-0.25, -0.2) is 15.0 Å². The van der Waals surface area contributed by atoms with E-state index in [0.29, 0.717) is 35.0 Å². The summed E-state index contributed by atoms with van der Waals surface area (Å²) in [5.41, 5.74) is 7.88. The lowest BCUT2D eigenvalue weighted by atomic mass is 10.1. The van der Waals surface area contributed by atoms with E-state index in [2.05, 4.69) is 20.3 Å². The number of nitrogen functional groups attached to an aromatic ring is 1. The van der Waals surface area contributed by atoms with Gasteiger partial charge in [-0.1, -0.05) is 23.7 Å². The smallest absolute Gasteiger partial charge is 0.222 e. The van der Waals surface area contributed by atoms with Crippen LogP contribution in [0.3, 0.4) is 0 Å². The van der Waals surface area contributed by atoms with Crippen LogP contribution in [-0.2, 0) is 11.3 Å². The first-order chi connectivity index (χ1) is 11.5. The van der Waals surface area contributed by atoms with Crippen molar-refractivity contribution >= 4 is 34.5 Å². The Labute approximate surface area is 143 Å². The molecule has 0 fully saturated rings. The van der Waals surface area contributed by atoms with Gasteiger partial charge in [-0.3, -0.25) is 4.79 Å². The van der Waals surface area contributed by atoms with E-state index in [-0.39, 0.29) is 11.9 Å². The van der Waals surface area contributed by atoms with E-state index in [1.807, 2.05) is 25.1 Å². The van der Waals surface area contributed by atoms with Crippen LogP contribution in [0.5, 0.6) is 0 Å². The minimum absolute atomic E-state index is 0.0636. The van der Waals surface area contributed by atoms with Crippen LogP contribution in [0.1, 0.15) is 24.9 Å². The number of aromatic nitrogens is 4. The third-order valence-electron chi connectivity index (χ3n) is 3.74. The first kappa shape index (κ1) is 16.2. The van der Waals surface area contributed by atoms with Crippen molar-refractivity contribution in [2.24, 2.45) is 0 Å². The van der Waals surface area contributed by atoms with Crippen molar-refractivity contribution in [3.8, 4) is 0 Å². The Morgan fingerprint density at radius 3 is 3.00 bits per heavy atom. The molecule has 0 spiro atoms. The number of fused-ring (bicyclic) bond motifs is 1. The summed E-state index contributed by atoms with van der Waals surface area (Å²) in [4.78, 5) is 24.4. The monoisotopic (exact) mass is 344 g/mol. The predicted octanol–water partition coefficient (Wildman–Crippen LogP) is 2.33. The average Bonchev–Trinajstić information content (AvgIpc) is 2.97. The molecular formula is C16H17ClN6O. The van der Waals surface area contributed by atoms with Crippen molar-refractivity contribution in [3.05, 3.63) is 47.5 Å². The van der Waals surface area contributed by atoms with Gasteiger partial charge in [0.25, 0.3) is 0 Å². The maximum Gasteiger partial charge on any atom is 0.222 e. The number of nitrogens with zero attached hydrogens (tertiary/aromatic N) is 4. The van der Waals surface area contributed by atoms with Crippen LogP contribution in [0.15, 0.2) is 36.9 Å². The number of hydrogen-bond donors (Lipinski definition) is 2. The highest BCUT2D eigenvalue weighted by atomic mass is 35.5. The van der Waals surface area contributed by atoms with Gasteiger partial charge in [-0.05, 0) is 24.6 Å². The van der Waals surface area contributed by atoms with Crippen molar-refractivity contribution in [1.82, 2.24) is 24.8 Å². The number of nitrogens with one attached hydrogen (secondary N) is 1. The number of halogens is 1. The molecule has 0 unspecified atom stereocenters. The summed E-state index contributed by atoms with van der Waals surface area (Å²) in [6.45, 7) is 2.38. The second-order valence-electron chi connectivity index (χ2n) is 5.46. The molecule has 1 aromatic carbocycles. The van der Waals surface area contributed by atoms with Crippen LogP contribution in [-0.4, -0.2) is 25.4 Å². The Balaban J connectivity index is 1.62. The Kier molecular flexibility index (Phi) is 4.61. The molecule has 0 aliphatic heterocycles. The van der Waals surface area contributed by atoms with E-state index >= 15 is 0 Å². The third kappa shape index (κ3) is 3.46. The molecule has 24 heavy (non-hydrogen) atoms. The van der Waals surface area contributed by atoms with Crippen LogP contribution in [0.4, 0.5) is 5.82 Å². The lowest BCUT2D eigenvalue weighted by Crippen LogP contribution is -2.27. The number of amides is 1. The number of hydrogen-bond acceptors (Lipinski definition) is 5. The minimum Gasteiger partial charge on any atom is -0.382 e. The standard InChI is InChI=1S/C16H17ClN6O/c1-10(11-3-2-4-12(17)7-11)22-13(24)5-6-23-9-21-14-15(18)19-8-20-16(14)23/h2-4,7-10H,5-6H2,1H3,(H,22,24)(H2,18,19,20)/t10-/m1/s1. The summed E-state index contributed by atoms with van der Waals surface area (Å²) >= 11 is 5.98. The molecule has 8 heteroatoms. The molecule has 0 bridgehead atoms. The zero-order chi connectivity index (χ0) is 17.1. The van der Waals surface area contributed by atoms with E-state index in [0.717, 1.165) is 5.56 Å². The second kappa shape index (κ2) is 6.84. The van der Waals surface area contributed by atoms with Gasteiger partial charge in [-0.2, -0.15) is 0 Å². The zero-order valence-electron chi connectivity index (χ0n) is 13.1. The van der Waals surface area contributed by atoms with E-state index in [1.54, 1.807) is 17.0 Å². The van der Waals surface area contributed by atoms with Gasteiger partial charge in [0, 0.05) is 18.0 Å². The summed E-state index contributed by atoms with van der Waals surface area (Å²) in [7, 11) is 0. The SMILES string of the molecule is C[C@@H](NC(=O)CCn1cnc2c(N)ncnc21)c1cccc(Cl)c1. The van der Waals surface area contributed by atoms with Crippen LogP contribution in [0.25, 0.3) is 11.2 Å². The number of rotatable bonds is 5. The summed E-state index contributed by atoms with van der Waals surface area (Å²) in [5, 5.41) is 3.61. The molecule has 0 radical (unpaired) electrons. The number of imidazole rings is 1. The summed E-state index contributed by atoms with van der Waals surface area (Å²) in [5.74, 6) is 0.268. The number of aryl methyl sites for hydroxylation is 1. The Bertz CT molecular complexity index is 878. The lowest BCUT2D eigenvalue weighted by molar-refractivity contribution is -0.121. The van der Waals surface area contributed by atoms with Crippen molar-refractivity contribution < 1.29 is 4.79 Å². The summed E-state index contributed by atoms with van der Waals surface area (Å²) in [6.07, 6.45) is 3.31. The molecule has 0 aliphatic carbocycles. The highest BCUT2D eigenvalue weighted by molar-refractivity contribution is 6.30. The fraction of sp³-hybridized carbons (Fsp3) is 0.250. The Morgan fingerprint density at radius 2 is 2.21 bits per heavy atom. The van der Waals surface area contributed by atoms with Gasteiger partial charge < -0.3 is 15.6 Å². The van der Waals surface area contributed by atoms with E-state index in [9.17, 15) is 4.79 Å². The maximum absolute atomic E-state index is 12.2. The molecular weight excluding hydrogens is 328 g/mol. The zero-order valence-corrected chi connectivity index (χ0v) is 13.9. The minimum atomic E-state index is -0.117. The molecule has 3 aromatic rings. The molecule has 2 heterocycles. The van der Waals surface area contributed by atoms with Crippen LogP contribution < -0.4 is 11.1 Å². The number of carbonyl (C=O) groups is 1. The predicted molar refractivity (Wildman–Crippen MR) is 92.4 cm³/mol. The van der Waals surface area contributed by atoms with E-state index in [1.165, 1.54) is 6.33 Å². The van der Waals surface area contributed by atoms with Crippen molar-refractivity contribution in [2.75, 3.05) is 5.73 Å². The van der Waals surface area contributed by atoms with Gasteiger partial charge in [0.05, 0.1) is 12.4 Å². The molecule has 124 valence electrons. The maximum atomic E-state index is 12.2. The highest BCUT2D eigenvalue weighted by Gasteiger charge is 2.12. The number of carbonyl (C=O) groups excluding carboxylic acids is 1. The normalized spacial score (nSPS) is 12.2. The van der Waals surface area contributed by atoms with Crippen LogP contribution in [0.2, 0.25) is 5.02 Å². The number of nitrogens with two attached hydrogens (primary N) is 1.